The van der Waals surface area contributed by atoms with E-state index >= 15 is 0 Å². The first-order chi connectivity index (χ1) is 11.8. The van der Waals surface area contributed by atoms with Crippen LogP contribution in [0.15, 0.2) is 24.3 Å². The van der Waals surface area contributed by atoms with Crippen molar-refractivity contribution in [3.63, 3.8) is 0 Å². The minimum atomic E-state index is -0.350. The Morgan fingerprint density at radius 3 is 2.88 bits per heavy atom. The molecule has 2 N–H and O–H groups in total. The Balaban J connectivity index is 1.53. The van der Waals surface area contributed by atoms with E-state index in [1.54, 1.807) is 0 Å². The lowest BCUT2D eigenvalue weighted by atomic mass is 10.2. The Labute approximate surface area is 143 Å². The van der Waals surface area contributed by atoms with Crippen molar-refractivity contribution in [1.29, 1.82) is 0 Å². The molecule has 0 bridgehead atoms. The molecule has 1 aromatic carbocycles. The number of rotatable bonds is 6. The third-order valence-corrected chi connectivity index (χ3v) is 4.78. The van der Waals surface area contributed by atoms with Crippen LogP contribution in [0, 0.1) is 0 Å². The number of nitrogens with zero attached hydrogens (tertiary/aromatic N) is 2. The van der Waals surface area contributed by atoms with Gasteiger partial charge in [-0.2, -0.15) is 0 Å². The van der Waals surface area contributed by atoms with E-state index < -0.39 is 0 Å². The molecule has 1 aromatic rings. The second kappa shape index (κ2) is 8.78. The summed E-state index contributed by atoms with van der Waals surface area (Å²) in [7, 11) is 0. The van der Waals surface area contributed by atoms with Gasteiger partial charge in [0.15, 0.2) is 0 Å². The highest BCUT2D eigenvalue weighted by Gasteiger charge is 2.32. The molecule has 2 aliphatic rings. The van der Waals surface area contributed by atoms with Crippen molar-refractivity contribution in [2.45, 2.75) is 25.1 Å². The fourth-order valence-corrected chi connectivity index (χ4v) is 3.52. The first-order valence-electron chi connectivity index (χ1n) is 8.81. The topological polar surface area (TPSA) is 65.4 Å². The van der Waals surface area contributed by atoms with Crippen LogP contribution >= 0.6 is 0 Å². The molecular weight excluding hydrogens is 308 g/mol. The van der Waals surface area contributed by atoms with Crippen LogP contribution in [0.1, 0.15) is 12.0 Å². The van der Waals surface area contributed by atoms with E-state index in [2.05, 4.69) is 15.9 Å². The van der Waals surface area contributed by atoms with Gasteiger partial charge in [0.25, 0.3) is 0 Å². The van der Waals surface area contributed by atoms with Crippen molar-refractivity contribution in [2.24, 2.45) is 0 Å². The Morgan fingerprint density at radius 2 is 2.08 bits per heavy atom. The number of benzene rings is 1. The summed E-state index contributed by atoms with van der Waals surface area (Å²) in [5, 5.41) is 18.9. The summed E-state index contributed by atoms with van der Waals surface area (Å²) in [5.41, 5.74) is 1.23. The maximum absolute atomic E-state index is 10.0. The van der Waals surface area contributed by atoms with E-state index in [0.717, 1.165) is 44.9 Å². The van der Waals surface area contributed by atoms with Crippen molar-refractivity contribution in [3.8, 4) is 5.75 Å². The SMILES string of the molecule is OCCOc1cccc(CN2CCCN([C@H]3COC[C@@H]3O)CC2)c1. The van der Waals surface area contributed by atoms with Crippen LogP contribution in [0.5, 0.6) is 5.75 Å². The van der Waals surface area contributed by atoms with Crippen molar-refractivity contribution < 1.29 is 19.7 Å². The highest BCUT2D eigenvalue weighted by Crippen LogP contribution is 2.18. The lowest BCUT2D eigenvalue weighted by molar-refractivity contribution is 0.0837. The molecule has 0 aromatic heterocycles. The van der Waals surface area contributed by atoms with Crippen molar-refractivity contribution in [3.05, 3.63) is 29.8 Å². The van der Waals surface area contributed by atoms with Gasteiger partial charge in [-0.15, -0.1) is 0 Å². The molecule has 2 heterocycles. The Bertz CT molecular complexity index is 514. The lowest BCUT2D eigenvalue weighted by Crippen LogP contribution is -2.44. The van der Waals surface area contributed by atoms with Crippen LogP contribution in [0.3, 0.4) is 0 Å². The van der Waals surface area contributed by atoms with Crippen molar-refractivity contribution >= 4 is 0 Å². The van der Waals surface area contributed by atoms with E-state index in [-0.39, 0.29) is 18.8 Å². The van der Waals surface area contributed by atoms with E-state index in [9.17, 15) is 5.11 Å². The Morgan fingerprint density at radius 1 is 1.17 bits per heavy atom. The van der Waals surface area contributed by atoms with Gasteiger partial charge in [-0.1, -0.05) is 12.1 Å². The van der Waals surface area contributed by atoms with E-state index in [4.69, 9.17) is 14.6 Å². The molecule has 0 aliphatic carbocycles. The molecule has 0 spiro atoms. The second-order valence-corrected chi connectivity index (χ2v) is 6.56. The molecule has 2 aliphatic heterocycles. The molecule has 0 unspecified atom stereocenters. The summed E-state index contributed by atoms with van der Waals surface area (Å²) in [6.45, 7) is 6.39. The number of hydrogen-bond acceptors (Lipinski definition) is 6. The quantitative estimate of drug-likeness (QED) is 0.780. The van der Waals surface area contributed by atoms with E-state index in [0.29, 0.717) is 19.8 Å². The molecule has 0 saturated carbocycles. The maximum Gasteiger partial charge on any atom is 0.119 e. The van der Waals surface area contributed by atoms with Crippen LogP contribution in [0.25, 0.3) is 0 Å². The molecule has 6 nitrogen and oxygen atoms in total. The van der Waals surface area contributed by atoms with Gasteiger partial charge in [-0.3, -0.25) is 9.80 Å². The third-order valence-electron chi connectivity index (χ3n) is 4.78. The maximum atomic E-state index is 10.0. The molecule has 24 heavy (non-hydrogen) atoms. The minimum Gasteiger partial charge on any atom is -0.491 e. The fraction of sp³-hybridized carbons (Fsp3) is 0.667. The first-order valence-corrected chi connectivity index (χ1v) is 8.81. The fourth-order valence-electron chi connectivity index (χ4n) is 3.52. The number of aliphatic hydroxyl groups is 2. The van der Waals surface area contributed by atoms with Crippen LogP contribution in [-0.2, 0) is 11.3 Å². The average molecular weight is 336 g/mol. The average Bonchev–Trinajstić information content (AvgIpc) is 2.88. The third kappa shape index (κ3) is 4.68. The normalized spacial score (nSPS) is 26.4. The van der Waals surface area contributed by atoms with Crippen LogP contribution in [0.2, 0.25) is 0 Å². The summed E-state index contributed by atoms with van der Waals surface area (Å²) in [6.07, 6.45) is 0.751. The molecular formula is C18H28N2O4. The number of ether oxygens (including phenoxy) is 2. The lowest BCUT2D eigenvalue weighted by Gasteiger charge is -2.28. The zero-order chi connectivity index (χ0) is 16.8. The van der Waals surface area contributed by atoms with Crippen molar-refractivity contribution in [2.75, 3.05) is 52.6 Å². The molecule has 6 heteroatoms. The van der Waals surface area contributed by atoms with E-state index in [1.165, 1.54) is 5.56 Å². The second-order valence-electron chi connectivity index (χ2n) is 6.56. The van der Waals surface area contributed by atoms with Gasteiger partial charge in [-0.25, -0.2) is 0 Å². The van der Waals surface area contributed by atoms with Gasteiger partial charge in [0.05, 0.1) is 32.0 Å². The van der Waals surface area contributed by atoms with Gasteiger partial charge in [-0.05, 0) is 37.2 Å². The van der Waals surface area contributed by atoms with Gasteiger partial charge in [0.1, 0.15) is 12.4 Å². The molecule has 0 amide bonds. The summed E-state index contributed by atoms with van der Waals surface area (Å²) in [4.78, 5) is 4.83. The summed E-state index contributed by atoms with van der Waals surface area (Å²) in [5.74, 6) is 0.809. The number of aliphatic hydroxyl groups excluding tert-OH is 2. The Kier molecular flexibility index (Phi) is 6.45. The highest BCUT2D eigenvalue weighted by molar-refractivity contribution is 5.28. The van der Waals surface area contributed by atoms with Crippen LogP contribution in [0.4, 0.5) is 0 Å². The zero-order valence-electron chi connectivity index (χ0n) is 14.1. The smallest absolute Gasteiger partial charge is 0.119 e. The molecule has 0 radical (unpaired) electrons. The standard InChI is InChI=1S/C18H28N2O4/c21-9-10-24-16-4-1-3-15(11-16)12-19-5-2-6-20(8-7-19)17-13-23-14-18(17)22/h1,3-4,11,17-18,21-22H,2,5-10,12-14H2/t17-,18-/m0/s1. The summed E-state index contributed by atoms with van der Waals surface area (Å²) in [6, 6.07) is 8.24. The number of hydrogen-bond donors (Lipinski definition) is 2. The molecule has 2 fully saturated rings. The van der Waals surface area contributed by atoms with Crippen LogP contribution < -0.4 is 4.74 Å². The van der Waals surface area contributed by atoms with Gasteiger partial charge < -0.3 is 19.7 Å². The van der Waals surface area contributed by atoms with E-state index in [1.807, 2.05) is 18.2 Å². The summed E-state index contributed by atoms with van der Waals surface area (Å²) >= 11 is 0. The predicted octanol–water partition coefficient (Wildman–Crippen LogP) is 0.325. The minimum absolute atomic E-state index is 0.0307. The van der Waals surface area contributed by atoms with Crippen LogP contribution in [-0.4, -0.2) is 84.8 Å². The molecule has 2 saturated heterocycles. The molecule has 134 valence electrons. The molecule has 3 rings (SSSR count). The first kappa shape index (κ1) is 17.6. The Hall–Kier alpha value is -1.18. The monoisotopic (exact) mass is 336 g/mol. The molecule has 2 atom stereocenters. The largest absolute Gasteiger partial charge is 0.491 e. The predicted molar refractivity (Wildman–Crippen MR) is 91.1 cm³/mol. The van der Waals surface area contributed by atoms with Crippen molar-refractivity contribution in [1.82, 2.24) is 9.80 Å². The van der Waals surface area contributed by atoms with Gasteiger partial charge in [0.2, 0.25) is 0 Å². The zero-order valence-corrected chi connectivity index (χ0v) is 14.1. The highest BCUT2D eigenvalue weighted by atomic mass is 16.5. The summed E-state index contributed by atoms with van der Waals surface area (Å²) < 4.78 is 10.9. The van der Waals surface area contributed by atoms with Gasteiger partial charge >= 0.3 is 0 Å². The van der Waals surface area contributed by atoms with Gasteiger partial charge in [0, 0.05) is 19.6 Å².